The number of para-hydroxylation sites is 1. The lowest BCUT2D eigenvalue weighted by molar-refractivity contribution is -0.141. The molecule has 0 aromatic heterocycles. The average molecular weight is 253 g/mol. The molecule has 3 rings (SSSR count). The zero-order valence-electron chi connectivity index (χ0n) is 10.7. The first-order valence-corrected chi connectivity index (χ1v) is 6.38. The van der Waals surface area contributed by atoms with E-state index in [1.807, 2.05) is 67.6 Å². The van der Waals surface area contributed by atoms with Crippen molar-refractivity contribution in [3.63, 3.8) is 0 Å². The van der Waals surface area contributed by atoms with Crippen LogP contribution in [0.5, 0.6) is 0 Å². The number of hydrogen-bond acceptors (Lipinski definition) is 3. The van der Waals surface area contributed by atoms with E-state index in [-0.39, 0.29) is 17.9 Å². The maximum absolute atomic E-state index is 11.9. The van der Waals surface area contributed by atoms with Gasteiger partial charge < -0.3 is 4.84 Å². The predicted molar refractivity (Wildman–Crippen MR) is 73.4 cm³/mol. The smallest absolute Gasteiger partial charge is 0.337 e. The highest BCUT2D eigenvalue weighted by atomic mass is 16.7. The highest BCUT2D eigenvalue weighted by molar-refractivity contribution is 5.78. The monoisotopic (exact) mass is 253 g/mol. The van der Waals surface area contributed by atoms with Gasteiger partial charge in [0.2, 0.25) is 0 Å². The van der Waals surface area contributed by atoms with Crippen LogP contribution in [0.2, 0.25) is 0 Å². The van der Waals surface area contributed by atoms with Crippen LogP contribution in [-0.2, 0) is 9.63 Å². The number of hydrogen-bond donors (Lipinski definition) is 0. The first-order valence-electron chi connectivity index (χ1n) is 6.38. The van der Waals surface area contributed by atoms with Crippen LogP contribution in [0.1, 0.15) is 18.5 Å². The number of carbonyl (C=O) groups is 1. The van der Waals surface area contributed by atoms with Crippen LogP contribution in [0.15, 0.2) is 60.7 Å². The molecule has 0 aliphatic carbocycles. The molecule has 0 spiro atoms. The van der Waals surface area contributed by atoms with Crippen LogP contribution in [0, 0.1) is 5.92 Å². The maximum Gasteiger partial charge on any atom is 0.337 e. The van der Waals surface area contributed by atoms with Crippen molar-refractivity contribution >= 4 is 11.7 Å². The van der Waals surface area contributed by atoms with Gasteiger partial charge in [0.25, 0.3) is 0 Å². The summed E-state index contributed by atoms with van der Waals surface area (Å²) in [6.07, 6.45) is 0. The minimum absolute atomic E-state index is 0.0731. The third-order valence-corrected chi connectivity index (χ3v) is 3.44. The number of anilines is 1. The lowest BCUT2D eigenvalue weighted by atomic mass is 9.95. The van der Waals surface area contributed by atoms with Crippen molar-refractivity contribution in [3.05, 3.63) is 66.2 Å². The molecule has 0 bridgehead atoms. The number of rotatable bonds is 2. The summed E-state index contributed by atoms with van der Waals surface area (Å²) in [5, 5.41) is 1.71. The molecule has 2 atom stereocenters. The molecule has 0 radical (unpaired) electrons. The molecule has 1 aliphatic rings. The number of nitrogens with zero attached hydrogens (tertiary/aromatic N) is 1. The van der Waals surface area contributed by atoms with Crippen LogP contribution in [-0.4, -0.2) is 5.97 Å². The second-order valence-corrected chi connectivity index (χ2v) is 4.72. The van der Waals surface area contributed by atoms with Gasteiger partial charge in [-0.1, -0.05) is 48.5 Å². The maximum atomic E-state index is 11.9. The predicted octanol–water partition coefficient (Wildman–Crippen LogP) is 3.34. The fraction of sp³-hybridized carbons (Fsp3) is 0.188. The molecule has 96 valence electrons. The molecule has 2 aromatic carbocycles. The van der Waals surface area contributed by atoms with Gasteiger partial charge in [-0.25, -0.2) is 4.79 Å². The molecule has 0 saturated carbocycles. The van der Waals surface area contributed by atoms with E-state index in [0.29, 0.717) is 0 Å². The lowest BCUT2D eigenvalue weighted by Gasteiger charge is -2.24. The zero-order chi connectivity index (χ0) is 13.2. The van der Waals surface area contributed by atoms with Crippen LogP contribution >= 0.6 is 0 Å². The Balaban J connectivity index is 2.01. The second-order valence-electron chi connectivity index (χ2n) is 4.72. The fourth-order valence-electron chi connectivity index (χ4n) is 2.43. The first-order chi connectivity index (χ1) is 9.27. The van der Waals surface area contributed by atoms with Gasteiger partial charge >= 0.3 is 5.97 Å². The van der Waals surface area contributed by atoms with Crippen molar-refractivity contribution in [2.75, 3.05) is 5.06 Å². The van der Waals surface area contributed by atoms with Gasteiger partial charge in [-0.3, -0.25) is 0 Å². The molecular formula is C16H15NO2. The van der Waals surface area contributed by atoms with E-state index >= 15 is 0 Å². The van der Waals surface area contributed by atoms with E-state index in [2.05, 4.69) is 0 Å². The van der Waals surface area contributed by atoms with Crippen LogP contribution in [0.25, 0.3) is 0 Å². The van der Waals surface area contributed by atoms with E-state index in [0.717, 1.165) is 11.3 Å². The van der Waals surface area contributed by atoms with E-state index in [1.165, 1.54) is 0 Å². The highest BCUT2D eigenvalue weighted by Crippen LogP contribution is 2.38. The number of hydroxylamine groups is 1. The first kappa shape index (κ1) is 11.8. The number of carbonyl (C=O) groups excluding carboxylic acids is 1. The molecule has 0 amide bonds. The third-order valence-electron chi connectivity index (χ3n) is 3.44. The summed E-state index contributed by atoms with van der Waals surface area (Å²) in [6, 6.07) is 19.6. The lowest BCUT2D eigenvalue weighted by Crippen LogP contribution is -2.23. The summed E-state index contributed by atoms with van der Waals surface area (Å²) >= 11 is 0. The van der Waals surface area contributed by atoms with Gasteiger partial charge in [0.1, 0.15) is 6.04 Å². The number of benzene rings is 2. The Morgan fingerprint density at radius 2 is 1.53 bits per heavy atom. The van der Waals surface area contributed by atoms with E-state index in [9.17, 15) is 4.79 Å². The molecule has 1 saturated heterocycles. The Morgan fingerprint density at radius 3 is 2.16 bits per heavy atom. The van der Waals surface area contributed by atoms with Gasteiger partial charge in [-0.15, -0.1) is 0 Å². The van der Waals surface area contributed by atoms with E-state index in [1.54, 1.807) is 5.06 Å². The van der Waals surface area contributed by atoms with Crippen molar-refractivity contribution in [1.29, 1.82) is 0 Å². The van der Waals surface area contributed by atoms with Gasteiger partial charge in [-0.2, -0.15) is 5.06 Å². The average Bonchev–Trinajstić information content (AvgIpc) is 2.77. The van der Waals surface area contributed by atoms with Gasteiger partial charge in [0.15, 0.2) is 0 Å². The van der Waals surface area contributed by atoms with Gasteiger partial charge in [0.05, 0.1) is 11.6 Å². The Kier molecular flexibility index (Phi) is 2.95. The quantitative estimate of drug-likeness (QED) is 0.822. The Bertz CT molecular complexity index is 568. The van der Waals surface area contributed by atoms with Crippen molar-refractivity contribution in [1.82, 2.24) is 0 Å². The minimum Gasteiger partial charge on any atom is -0.340 e. The van der Waals surface area contributed by atoms with Crippen molar-refractivity contribution in [3.8, 4) is 0 Å². The molecule has 0 unspecified atom stereocenters. The molecule has 1 aliphatic heterocycles. The van der Waals surface area contributed by atoms with Crippen molar-refractivity contribution in [2.24, 2.45) is 5.92 Å². The summed E-state index contributed by atoms with van der Waals surface area (Å²) in [4.78, 5) is 17.3. The van der Waals surface area contributed by atoms with Gasteiger partial charge in [0, 0.05) is 0 Å². The van der Waals surface area contributed by atoms with Crippen LogP contribution < -0.4 is 5.06 Å². The molecule has 1 fully saturated rings. The summed E-state index contributed by atoms with van der Waals surface area (Å²) in [5.41, 5.74) is 1.98. The normalized spacial score (nSPS) is 22.4. The standard InChI is InChI=1S/C16H15NO2/c1-12-15(13-8-4-2-5-9-13)17(19-16(12)18)14-10-6-3-7-11-14/h2-12,15H,1H3/t12-,15+/m0/s1. The van der Waals surface area contributed by atoms with E-state index < -0.39 is 0 Å². The molecule has 3 nitrogen and oxygen atoms in total. The van der Waals surface area contributed by atoms with Crippen molar-refractivity contribution in [2.45, 2.75) is 13.0 Å². The zero-order valence-corrected chi connectivity index (χ0v) is 10.7. The van der Waals surface area contributed by atoms with Gasteiger partial charge in [-0.05, 0) is 24.6 Å². The minimum atomic E-state index is -0.183. The largest absolute Gasteiger partial charge is 0.340 e. The molecule has 0 N–H and O–H groups in total. The molecule has 19 heavy (non-hydrogen) atoms. The molecular weight excluding hydrogens is 238 g/mol. The Morgan fingerprint density at radius 1 is 0.947 bits per heavy atom. The Hall–Kier alpha value is -2.29. The second kappa shape index (κ2) is 4.76. The summed E-state index contributed by atoms with van der Waals surface area (Å²) in [7, 11) is 0. The van der Waals surface area contributed by atoms with Crippen LogP contribution in [0.3, 0.4) is 0 Å². The summed E-state index contributed by atoms with van der Waals surface area (Å²) < 4.78 is 0. The summed E-state index contributed by atoms with van der Waals surface area (Å²) in [5.74, 6) is -0.361. The summed E-state index contributed by atoms with van der Waals surface area (Å²) in [6.45, 7) is 1.91. The molecule has 3 heteroatoms. The highest BCUT2D eigenvalue weighted by Gasteiger charge is 2.41. The topological polar surface area (TPSA) is 29.5 Å². The Labute approximate surface area is 112 Å². The van der Waals surface area contributed by atoms with Crippen LogP contribution in [0.4, 0.5) is 5.69 Å². The third kappa shape index (κ3) is 2.08. The van der Waals surface area contributed by atoms with Crippen molar-refractivity contribution < 1.29 is 9.63 Å². The fourth-order valence-corrected chi connectivity index (χ4v) is 2.43. The molecule has 1 heterocycles. The SMILES string of the molecule is C[C@@H]1C(=O)ON(c2ccccc2)[C@H]1c1ccccc1. The molecule has 2 aromatic rings. The van der Waals surface area contributed by atoms with E-state index in [4.69, 9.17) is 4.84 Å².